The fourth-order valence-electron chi connectivity index (χ4n) is 3.21. The van der Waals surface area contributed by atoms with Gasteiger partial charge in [0, 0.05) is 29.6 Å². The second kappa shape index (κ2) is 7.01. The minimum Gasteiger partial charge on any atom is -0.342 e. The summed E-state index contributed by atoms with van der Waals surface area (Å²) in [4.78, 5) is 24.2. The van der Waals surface area contributed by atoms with Gasteiger partial charge in [-0.1, -0.05) is 12.8 Å². The number of fused-ring (bicyclic) bond motifs is 1. The van der Waals surface area contributed by atoms with Crippen molar-refractivity contribution < 1.29 is 4.79 Å². The molecule has 2 heterocycles. The topological polar surface area (TPSA) is 70.7 Å². The number of anilines is 1. The molecule has 5 nitrogen and oxygen atoms in total. The zero-order chi connectivity index (χ0) is 15.6. The van der Waals surface area contributed by atoms with E-state index in [1.54, 1.807) is 24.5 Å². The maximum absolute atomic E-state index is 12.2. The summed E-state index contributed by atoms with van der Waals surface area (Å²) in [5.74, 6) is 1.50. The zero-order valence-corrected chi connectivity index (χ0v) is 14.0. The van der Waals surface area contributed by atoms with Crippen LogP contribution in [-0.4, -0.2) is 20.9 Å². The molecule has 3 aromatic rings. The fraction of sp³-hybridized carbons (Fsp3) is 0.278. The number of nitrogens with one attached hydrogen (secondary N) is 2. The lowest BCUT2D eigenvalue weighted by Gasteiger charge is -2.04. The molecule has 0 bridgehead atoms. The van der Waals surface area contributed by atoms with Crippen LogP contribution in [0.25, 0.3) is 11.0 Å². The molecule has 1 aliphatic rings. The van der Waals surface area contributed by atoms with Gasteiger partial charge in [0.1, 0.15) is 5.82 Å². The van der Waals surface area contributed by atoms with Gasteiger partial charge in [0.2, 0.25) is 0 Å². The molecule has 124 valence electrons. The molecule has 24 heavy (non-hydrogen) atoms. The van der Waals surface area contributed by atoms with Crippen LogP contribution < -0.4 is 5.32 Å². The van der Waals surface area contributed by atoms with Crippen LogP contribution in [-0.2, 0) is 0 Å². The third-order valence-electron chi connectivity index (χ3n) is 4.44. The molecule has 0 unspecified atom stereocenters. The number of imidazole rings is 1. The summed E-state index contributed by atoms with van der Waals surface area (Å²) in [6.07, 6.45) is 8.22. The Kier molecular flexibility index (Phi) is 4.81. The number of hydrogen-bond donors (Lipinski definition) is 2. The number of hydrogen-bond acceptors (Lipinski definition) is 3. The SMILES string of the molecule is Cl.O=C(Nc1ccc2nc(C3CCCC3)[nH]c2c1)c1ccncc1. The second-order valence-corrected chi connectivity index (χ2v) is 6.03. The van der Waals surface area contributed by atoms with E-state index >= 15 is 0 Å². The molecule has 2 N–H and O–H groups in total. The Labute approximate surface area is 146 Å². The van der Waals surface area contributed by atoms with Crippen LogP contribution in [0.2, 0.25) is 0 Å². The fourth-order valence-corrected chi connectivity index (χ4v) is 3.21. The number of pyridine rings is 1. The average Bonchev–Trinajstić information content (AvgIpc) is 3.24. The van der Waals surface area contributed by atoms with Crippen LogP contribution in [0.3, 0.4) is 0 Å². The van der Waals surface area contributed by atoms with E-state index in [1.807, 2.05) is 18.2 Å². The van der Waals surface area contributed by atoms with Gasteiger partial charge in [-0.15, -0.1) is 12.4 Å². The summed E-state index contributed by atoms with van der Waals surface area (Å²) in [6, 6.07) is 9.18. The third kappa shape index (κ3) is 3.26. The number of aromatic amines is 1. The van der Waals surface area contributed by atoms with Crippen molar-refractivity contribution in [3.05, 3.63) is 54.1 Å². The van der Waals surface area contributed by atoms with E-state index in [4.69, 9.17) is 4.98 Å². The number of nitrogens with zero attached hydrogens (tertiary/aromatic N) is 2. The van der Waals surface area contributed by atoms with E-state index in [0.29, 0.717) is 11.5 Å². The Hall–Kier alpha value is -2.40. The molecule has 2 aromatic heterocycles. The number of benzene rings is 1. The molecule has 0 aliphatic heterocycles. The molecular weight excluding hydrogens is 324 g/mol. The quantitative estimate of drug-likeness (QED) is 0.745. The number of amides is 1. The first-order valence-corrected chi connectivity index (χ1v) is 8.00. The van der Waals surface area contributed by atoms with E-state index in [0.717, 1.165) is 22.5 Å². The van der Waals surface area contributed by atoms with Crippen molar-refractivity contribution in [1.82, 2.24) is 15.0 Å². The molecule has 0 saturated heterocycles. The van der Waals surface area contributed by atoms with Crippen molar-refractivity contribution >= 4 is 35.0 Å². The maximum atomic E-state index is 12.2. The molecule has 1 saturated carbocycles. The lowest BCUT2D eigenvalue weighted by molar-refractivity contribution is 0.102. The number of aromatic nitrogens is 3. The van der Waals surface area contributed by atoms with Crippen LogP contribution in [0.5, 0.6) is 0 Å². The van der Waals surface area contributed by atoms with E-state index in [9.17, 15) is 4.79 Å². The largest absolute Gasteiger partial charge is 0.342 e. The van der Waals surface area contributed by atoms with Gasteiger partial charge in [0.25, 0.3) is 5.91 Å². The normalized spacial score (nSPS) is 14.5. The Balaban J connectivity index is 0.00000169. The van der Waals surface area contributed by atoms with E-state index < -0.39 is 0 Å². The summed E-state index contributed by atoms with van der Waals surface area (Å²) in [5.41, 5.74) is 3.28. The van der Waals surface area contributed by atoms with Crippen LogP contribution in [0, 0.1) is 0 Å². The summed E-state index contributed by atoms with van der Waals surface area (Å²) < 4.78 is 0. The van der Waals surface area contributed by atoms with E-state index in [-0.39, 0.29) is 18.3 Å². The summed E-state index contributed by atoms with van der Waals surface area (Å²) in [5, 5.41) is 2.91. The van der Waals surface area contributed by atoms with Gasteiger partial charge < -0.3 is 10.3 Å². The monoisotopic (exact) mass is 342 g/mol. The maximum Gasteiger partial charge on any atom is 0.255 e. The van der Waals surface area contributed by atoms with Gasteiger partial charge in [0.05, 0.1) is 11.0 Å². The first-order chi connectivity index (χ1) is 11.3. The zero-order valence-electron chi connectivity index (χ0n) is 13.2. The lowest BCUT2D eigenvalue weighted by atomic mass is 10.1. The van der Waals surface area contributed by atoms with Gasteiger partial charge in [0.15, 0.2) is 0 Å². The van der Waals surface area contributed by atoms with Gasteiger partial charge in [-0.3, -0.25) is 9.78 Å². The van der Waals surface area contributed by atoms with Crippen LogP contribution >= 0.6 is 12.4 Å². The van der Waals surface area contributed by atoms with Gasteiger partial charge in [-0.2, -0.15) is 0 Å². The van der Waals surface area contributed by atoms with E-state index in [1.165, 1.54) is 25.7 Å². The highest BCUT2D eigenvalue weighted by Gasteiger charge is 2.20. The Morgan fingerprint density at radius 1 is 1.12 bits per heavy atom. The van der Waals surface area contributed by atoms with Crippen molar-refractivity contribution in [2.24, 2.45) is 0 Å². The standard InChI is InChI=1S/C18H18N4O.ClH/c23-18(13-7-9-19-10-8-13)20-14-5-6-15-16(11-14)22-17(21-15)12-3-1-2-4-12;/h5-12H,1-4H2,(H,20,23)(H,21,22);1H. The van der Waals surface area contributed by atoms with Crippen molar-refractivity contribution in [2.45, 2.75) is 31.6 Å². The van der Waals surface area contributed by atoms with Crippen molar-refractivity contribution in [3.8, 4) is 0 Å². The Morgan fingerprint density at radius 2 is 1.88 bits per heavy atom. The predicted octanol–water partition coefficient (Wildman–Crippen LogP) is 4.29. The first-order valence-electron chi connectivity index (χ1n) is 8.00. The minimum atomic E-state index is -0.137. The number of halogens is 1. The highest BCUT2D eigenvalue weighted by Crippen LogP contribution is 2.33. The molecule has 1 aliphatic carbocycles. The Bertz CT molecular complexity index is 841. The smallest absolute Gasteiger partial charge is 0.255 e. The van der Waals surface area contributed by atoms with Crippen molar-refractivity contribution in [1.29, 1.82) is 0 Å². The molecule has 0 atom stereocenters. The van der Waals surface area contributed by atoms with Crippen LogP contribution in [0.15, 0.2) is 42.7 Å². The number of carbonyl (C=O) groups excluding carboxylic acids is 1. The van der Waals surface area contributed by atoms with Gasteiger partial charge in [-0.05, 0) is 43.2 Å². The number of rotatable bonds is 3. The average molecular weight is 343 g/mol. The molecule has 0 radical (unpaired) electrons. The molecule has 0 spiro atoms. The van der Waals surface area contributed by atoms with Gasteiger partial charge in [-0.25, -0.2) is 4.98 Å². The Morgan fingerprint density at radius 3 is 2.62 bits per heavy atom. The van der Waals surface area contributed by atoms with Crippen LogP contribution in [0.4, 0.5) is 5.69 Å². The summed E-state index contributed by atoms with van der Waals surface area (Å²) >= 11 is 0. The van der Waals surface area contributed by atoms with Crippen molar-refractivity contribution in [3.63, 3.8) is 0 Å². The summed E-state index contributed by atoms with van der Waals surface area (Å²) in [6.45, 7) is 0. The molecule has 1 amide bonds. The minimum absolute atomic E-state index is 0. The van der Waals surface area contributed by atoms with Crippen LogP contribution in [0.1, 0.15) is 47.8 Å². The van der Waals surface area contributed by atoms with Crippen molar-refractivity contribution in [2.75, 3.05) is 5.32 Å². The number of H-pyrrole nitrogens is 1. The highest BCUT2D eigenvalue weighted by molar-refractivity contribution is 6.04. The molecular formula is C18H19ClN4O. The predicted molar refractivity (Wildman–Crippen MR) is 96.7 cm³/mol. The molecule has 1 aromatic carbocycles. The summed E-state index contributed by atoms with van der Waals surface area (Å²) in [7, 11) is 0. The lowest BCUT2D eigenvalue weighted by Crippen LogP contribution is -2.11. The first kappa shape index (κ1) is 16.5. The second-order valence-electron chi connectivity index (χ2n) is 6.03. The molecule has 1 fully saturated rings. The van der Waals surface area contributed by atoms with Gasteiger partial charge >= 0.3 is 0 Å². The highest BCUT2D eigenvalue weighted by atomic mass is 35.5. The van der Waals surface area contributed by atoms with E-state index in [2.05, 4.69) is 15.3 Å². The molecule has 4 rings (SSSR count). The number of carbonyl (C=O) groups is 1. The third-order valence-corrected chi connectivity index (χ3v) is 4.44. The molecule has 6 heteroatoms.